The first-order valence-electron chi connectivity index (χ1n) is 10.8. The number of carbonyl (C=O) groups is 3. The molecule has 1 aliphatic heterocycles. The Bertz CT molecular complexity index is 1190. The van der Waals surface area contributed by atoms with Gasteiger partial charge < -0.3 is 5.32 Å². The van der Waals surface area contributed by atoms with Crippen LogP contribution < -0.4 is 10.6 Å². The highest BCUT2D eigenvalue weighted by molar-refractivity contribution is 7.98. The number of benzene rings is 2. The number of aromatic nitrogens is 1. The Morgan fingerprint density at radius 2 is 1.94 bits per heavy atom. The number of imide groups is 1. The lowest BCUT2D eigenvalue weighted by Crippen LogP contribution is -2.51. The molecule has 1 unspecified atom stereocenters. The molecule has 2 N–H and O–H groups in total. The fourth-order valence-corrected chi connectivity index (χ4v) is 5.70. The van der Waals surface area contributed by atoms with Crippen molar-refractivity contribution in [3.8, 4) is 0 Å². The summed E-state index contributed by atoms with van der Waals surface area (Å²) in [5.41, 5.74) is 2.40. The number of amides is 3. The minimum absolute atomic E-state index is 0.188. The normalized spacial score (nSPS) is 18.1. The number of aryl methyl sites for hydroxylation is 1. The van der Waals surface area contributed by atoms with Gasteiger partial charge in [0, 0.05) is 28.1 Å². The first-order chi connectivity index (χ1) is 15.9. The van der Waals surface area contributed by atoms with Crippen molar-refractivity contribution in [2.75, 3.05) is 5.32 Å². The van der Waals surface area contributed by atoms with Crippen molar-refractivity contribution in [3.05, 3.63) is 75.7 Å². The van der Waals surface area contributed by atoms with Gasteiger partial charge in [-0.2, -0.15) is 0 Å². The maximum Gasteiger partial charge on any atom is 0.256 e. The van der Waals surface area contributed by atoms with E-state index in [-0.39, 0.29) is 17.7 Å². The van der Waals surface area contributed by atoms with Gasteiger partial charge in [0.1, 0.15) is 0 Å². The lowest BCUT2D eigenvalue weighted by Gasteiger charge is -2.35. The minimum atomic E-state index is -0.715. The lowest BCUT2D eigenvalue weighted by atomic mass is 9.72. The number of hydrogen-bond donors (Lipinski definition) is 2. The molecule has 3 amide bonds. The molecule has 4 rings (SSSR count). The topological polar surface area (TPSA) is 88.2 Å². The van der Waals surface area contributed by atoms with E-state index in [1.54, 1.807) is 23.1 Å². The summed E-state index contributed by atoms with van der Waals surface area (Å²) < 4.78 is 0. The Kier molecular flexibility index (Phi) is 6.95. The summed E-state index contributed by atoms with van der Waals surface area (Å²) >= 11 is 3.21. The molecule has 2 aromatic carbocycles. The number of anilines is 1. The fraction of sp³-hybridized carbons (Fsp3) is 0.280. The third-order valence-electron chi connectivity index (χ3n) is 5.94. The zero-order chi connectivity index (χ0) is 23.4. The summed E-state index contributed by atoms with van der Waals surface area (Å²) in [6.07, 6.45) is 1.41. The molecular weight excluding hydrogens is 454 g/mol. The van der Waals surface area contributed by atoms with Gasteiger partial charge in [-0.25, -0.2) is 4.98 Å². The zero-order valence-electron chi connectivity index (χ0n) is 18.5. The second kappa shape index (κ2) is 9.89. The van der Waals surface area contributed by atoms with E-state index in [1.165, 1.54) is 0 Å². The third kappa shape index (κ3) is 5.02. The lowest BCUT2D eigenvalue weighted by molar-refractivity contribution is -0.138. The Labute approximate surface area is 201 Å². The number of rotatable bonds is 7. The number of hydrogen-bond acceptors (Lipinski definition) is 6. The third-order valence-corrected chi connectivity index (χ3v) is 7.87. The molecule has 0 bridgehead atoms. The number of thiazole rings is 1. The van der Waals surface area contributed by atoms with Gasteiger partial charge in [0.2, 0.25) is 11.8 Å². The van der Waals surface area contributed by atoms with Gasteiger partial charge in [-0.05, 0) is 49.6 Å². The molecule has 0 saturated carbocycles. The Morgan fingerprint density at radius 1 is 1.18 bits per heavy atom. The molecule has 1 aromatic heterocycles. The van der Waals surface area contributed by atoms with Crippen LogP contribution in [0.4, 0.5) is 5.69 Å². The van der Waals surface area contributed by atoms with Crippen LogP contribution in [0.1, 0.15) is 52.8 Å². The molecule has 0 aliphatic carbocycles. The quantitative estimate of drug-likeness (QED) is 0.364. The van der Waals surface area contributed by atoms with E-state index in [2.05, 4.69) is 15.6 Å². The highest BCUT2D eigenvalue weighted by Gasteiger charge is 2.42. The smallest absolute Gasteiger partial charge is 0.256 e. The number of piperidine rings is 1. The zero-order valence-corrected chi connectivity index (χ0v) is 20.1. The molecular formula is C25H25N3O3S2. The Hall–Kier alpha value is -2.97. The molecule has 2 heterocycles. The molecule has 33 heavy (non-hydrogen) atoms. The predicted octanol–water partition coefficient (Wildman–Crippen LogP) is 5.08. The van der Waals surface area contributed by atoms with Crippen LogP contribution in [0.5, 0.6) is 0 Å². The van der Waals surface area contributed by atoms with Crippen molar-refractivity contribution in [2.24, 2.45) is 0 Å². The highest BCUT2D eigenvalue weighted by atomic mass is 32.2. The highest BCUT2D eigenvalue weighted by Crippen LogP contribution is 2.36. The van der Waals surface area contributed by atoms with Gasteiger partial charge in [0.25, 0.3) is 5.91 Å². The summed E-state index contributed by atoms with van der Waals surface area (Å²) in [5.74, 6) is 0.0349. The van der Waals surface area contributed by atoms with Crippen molar-refractivity contribution in [1.29, 1.82) is 0 Å². The summed E-state index contributed by atoms with van der Waals surface area (Å²) in [6, 6.07) is 14.9. The van der Waals surface area contributed by atoms with Crippen LogP contribution in [0, 0.1) is 6.92 Å². The molecule has 6 nitrogen and oxygen atoms in total. The largest absolute Gasteiger partial charge is 0.322 e. The van der Waals surface area contributed by atoms with Gasteiger partial charge in [0.15, 0.2) is 0 Å². The average Bonchev–Trinajstić information content (AvgIpc) is 3.24. The molecule has 1 aliphatic rings. The van der Waals surface area contributed by atoms with E-state index in [9.17, 15) is 14.4 Å². The van der Waals surface area contributed by atoms with Crippen molar-refractivity contribution in [3.63, 3.8) is 0 Å². The molecule has 3 aromatic rings. The second-order valence-corrected chi connectivity index (χ2v) is 10.1. The number of carbonyl (C=O) groups excluding carboxylic acids is 3. The fourth-order valence-electron chi connectivity index (χ4n) is 4.04. The number of nitrogens with one attached hydrogen (secondary N) is 2. The average molecular weight is 480 g/mol. The maximum atomic E-state index is 13.0. The molecule has 1 saturated heterocycles. The molecule has 170 valence electrons. The van der Waals surface area contributed by atoms with E-state index in [1.807, 2.05) is 67.8 Å². The van der Waals surface area contributed by atoms with E-state index >= 15 is 0 Å². The van der Waals surface area contributed by atoms with Crippen molar-refractivity contribution in [2.45, 2.75) is 49.2 Å². The van der Waals surface area contributed by atoms with Crippen LogP contribution in [0.25, 0.3) is 0 Å². The molecule has 1 fully saturated rings. The molecule has 0 spiro atoms. The molecule has 1 atom stereocenters. The van der Waals surface area contributed by atoms with E-state index < -0.39 is 5.41 Å². The van der Waals surface area contributed by atoms with Crippen LogP contribution in [-0.2, 0) is 20.8 Å². The van der Waals surface area contributed by atoms with Crippen LogP contribution >= 0.6 is 23.1 Å². The summed E-state index contributed by atoms with van der Waals surface area (Å²) in [6.45, 7) is 3.93. The number of thioether (sulfide) groups is 1. The summed E-state index contributed by atoms with van der Waals surface area (Å²) in [4.78, 5) is 42.6. The van der Waals surface area contributed by atoms with Gasteiger partial charge in [-0.1, -0.05) is 31.2 Å². The Morgan fingerprint density at radius 3 is 2.61 bits per heavy atom. The monoisotopic (exact) mass is 479 g/mol. The number of nitrogens with zero attached hydrogens (tertiary/aromatic N) is 1. The first kappa shape index (κ1) is 23.2. The summed E-state index contributed by atoms with van der Waals surface area (Å²) in [5, 5.41) is 8.49. The van der Waals surface area contributed by atoms with Gasteiger partial charge in [-0.15, -0.1) is 23.1 Å². The first-order valence-corrected chi connectivity index (χ1v) is 12.7. The van der Waals surface area contributed by atoms with Crippen LogP contribution in [0.2, 0.25) is 0 Å². The van der Waals surface area contributed by atoms with E-state index in [0.717, 1.165) is 21.2 Å². The summed E-state index contributed by atoms with van der Waals surface area (Å²) in [7, 11) is 0. The predicted molar refractivity (Wildman–Crippen MR) is 132 cm³/mol. The second-order valence-electron chi connectivity index (χ2n) is 7.99. The van der Waals surface area contributed by atoms with Crippen LogP contribution in [0.15, 0.2) is 58.8 Å². The van der Waals surface area contributed by atoms with Crippen molar-refractivity contribution in [1.82, 2.24) is 10.3 Å². The Balaban J connectivity index is 1.47. The van der Waals surface area contributed by atoms with Gasteiger partial charge >= 0.3 is 0 Å². The van der Waals surface area contributed by atoms with Crippen LogP contribution in [-0.4, -0.2) is 22.7 Å². The van der Waals surface area contributed by atoms with E-state index in [4.69, 9.17) is 0 Å². The molecule has 0 radical (unpaired) electrons. The molecule has 8 heteroatoms. The van der Waals surface area contributed by atoms with Crippen LogP contribution in [0.3, 0.4) is 0 Å². The maximum absolute atomic E-state index is 13.0. The van der Waals surface area contributed by atoms with Gasteiger partial charge in [0.05, 0.1) is 21.7 Å². The standard InChI is InChI=1S/C25H25N3O3S2/c1-3-25(13-12-22(29)28-24(25)31)17-8-10-18(11-9-17)27-23(30)20-6-4-5-7-21(20)33-15-19-14-32-16(2)26-19/h4-11,14H,3,12-13,15H2,1-2H3,(H,27,30)(H,28,29,31). The minimum Gasteiger partial charge on any atom is -0.322 e. The SMILES string of the molecule is CCC1(c2ccc(NC(=O)c3ccccc3SCc3csc(C)n3)cc2)CCC(=O)NC1=O. The van der Waals surface area contributed by atoms with Gasteiger partial charge in [-0.3, -0.25) is 19.7 Å². The van der Waals surface area contributed by atoms with Crippen molar-refractivity contribution >= 4 is 46.5 Å². The van der Waals surface area contributed by atoms with E-state index in [0.29, 0.717) is 36.3 Å². The van der Waals surface area contributed by atoms with Crippen molar-refractivity contribution < 1.29 is 14.4 Å².